The minimum absolute atomic E-state index is 0.0214. The molecule has 190 valence electrons. The maximum atomic E-state index is 13.7. The molecule has 8 heteroatoms. The summed E-state index contributed by atoms with van der Waals surface area (Å²) in [5.74, 6) is 1.35. The molecule has 1 saturated carbocycles. The van der Waals surface area contributed by atoms with Gasteiger partial charge in [-0.3, -0.25) is 19.1 Å². The van der Waals surface area contributed by atoms with Gasteiger partial charge < -0.3 is 10.1 Å². The highest BCUT2D eigenvalue weighted by molar-refractivity contribution is 6.30. The number of aromatic nitrogens is 2. The predicted octanol–water partition coefficient (Wildman–Crippen LogP) is 4.07. The molecule has 1 aliphatic carbocycles. The second-order valence-electron chi connectivity index (χ2n) is 10.3. The zero-order valence-electron chi connectivity index (χ0n) is 20.9. The molecule has 0 unspecified atom stereocenters. The Kier molecular flexibility index (Phi) is 7.42. The number of hydrogen-bond donors (Lipinski definition) is 1. The van der Waals surface area contributed by atoms with E-state index in [-0.39, 0.29) is 24.1 Å². The van der Waals surface area contributed by atoms with Gasteiger partial charge in [-0.1, -0.05) is 29.8 Å². The normalized spacial score (nSPS) is 20.4. The van der Waals surface area contributed by atoms with Crippen molar-refractivity contribution in [2.75, 3.05) is 32.8 Å². The number of hydrogen-bond acceptors (Lipinski definition) is 5. The lowest BCUT2D eigenvalue weighted by atomic mass is 9.71. The first-order valence-corrected chi connectivity index (χ1v) is 13.1. The molecule has 1 aromatic heterocycles. The third-order valence-corrected chi connectivity index (χ3v) is 7.37. The number of morpholine rings is 1. The second kappa shape index (κ2) is 10.7. The summed E-state index contributed by atoms with van der Waals surface area (Å²) >= 11 is 6.23. The van der Waals surface area contributed by atoms with Crippen LogP contribution in [0, 0.1) is 5.92 Å². The van der Waals surface area contributed by atoms with Crippen LogP contribution in [0.1, 0.15) is 38.2 Å². The largest absolute Gasteiger partial charge is 0.379 e. The number of carbonyl (C=O) groups is 1. The lowest BCUT2D eigenvalue weighted by Gasteiger charge is -2.40. The number of fused-ring (bicyclic) bond motifs is 1. The van der Waals surface area contributed by atoms with Gasteiger partial charge in [0.05, 0.1) is 24.1 Å². The molecule has 1 aliphatic heterocycles. The topological polar surface area (TPSA) is 76.5 Å². The highest BCUT2D eigenvalue weighted by atomic mass is 35.5. The first kappa shape index (κ1) is 24.9. The number of nitrogens with one attached hydrogen (secondary N) is 1. The Hall–Kier alpha value is -2.74. The highest BCUT2D eigenvalue weighted by Gasteiger charge is 2.32. The fourth-order valence-electron chi connectivity index (χ4n) is 5.30. The summed E-state index contributed by atoms with van der Waals surface area (Å²) in [5.41, 5.74) is 2.30. The molecule has 2 aromatic carbocycles. The van der Waals surface area contributed by atoms with Gasteiger partial charge in [-0.05, 0) is 68.4 Å². The molecule has 2 heterocycles. The molecular formula is C28H33ClN4O3. The van der Waals surface area contributed by atoms with Gasteiger partial charge in [0.1, 0.15) is 12.4 Å². The number of rotatable bonds is 7. The van der Waals surface area contributed by atoms with Crippen molar-refractivity contribution in [1.82, 2.24) is 19.8 Å². The van der Waals surface area contributed by atoms with E-state index < -0.39 is 0 Å². The van der Waals surface area contributed by atoms with E-state index in [0.29, 0.717) is 39.1 Å². The van der Waals surface area contributed by atoms with Gasteiger partial charge in [-0.25, -0.2) is 4.98 Å². The minimum atomic E-state index is -0.224. The van der Waals surface area contributed by atoms with E-state index in [0.717, 1.165) is 45.7 Å². The number of ether oxygens (including phenoxy) is 1. The van der Waals surface area contributed by atoms with Crippen LogP contribution in [0.25, 0.3) is 22.3 Å². The van der Waals surface area contributed by atoms with Crippen molar-refractivity contribution in [3.05, 3.63) is 63.4 Å². The minimum Gasteiger partial charge on any atom is -0.379 e. The molecule has 0 radical (unpaired) electrons. The molecule has 1 N–H and O–H groups in total. The second-order valence-corrected chi connectivity index (χ2v) is 10.7. The molecule has 1 amide bonds. The summed E-state index contributed by atoms with van der Waals surface area (Å²) in [4.78, 5) is 33.7. The quantitative estimate of drug-likeness (QED) is 0.520. The van der Waals surface area contributed by atoms with Crippen LogP contribution < -0.4 is 10.9 Å². The average Bonchev–Trinajstić information content (AvgIpc) is 2.83. The van der Waals surface area contributed by atoms with Crippen molar-refractivity contribution >= 4 is 28.4 Å². The molecule has 0 spiro atoms. The third-order valence-electron chi connectivity index (χ3n) is 7.14. The molecule has 2 aliphatic rings. The van der Waals surface area contributed by atoms with Crippen LogP contribution in [-0.2, 0) is 16.1 Å². The van der Waals surface area contributed by atoms with Crippen LogP contribution >= 0.6 is 11.6 Å². The number of amides is 1. The SMILES string of the molecule is CC(C)NC(=O)Cn1c(-c2cccc(Cl)c2)nc2ccc([C@H]3C[C@H](CN4CCOCC4)C3)cc2c1=O. The smallest absolute Gasteiger partial charge is 0.262 e. The van der Waals surface area contributed by atoms with E-state index >= 15 is 0 Å². The van der Waals surface area contributed by atoms with Gasteiger partial charge in [0.15, 0.2) is 0 Å². The van der Waals surface area contributed by atoms with Gasteiger partial charge in [-0.2, -0.15) is 0 Å². The molecule has 3 aromatic rings. The monoisotopic (exact) mass is 508 g/mol. The average molecular weight is 509 g/mol. The zero-order valence-corrected chi connectivity index (χ0v) is 21.6. The molecular weight excluding hydrogens is 476 g/mol. The summed E-state index contributed by atoms with van der Waals surface area (Å²) in [6.07, 6.45) is 2.25. The van der Waals surface area contributed by atoms with Crippen molar-refractivity contribution < 1.29 is 9.53 Å². The first-order valence-electron chi connectivity index (χ1n) is 12.8. The van der Waals surface area contributed by atoms with E-state index in [1.807, 2.05) is 38.1 Å². The Labute approximate surface area is 216 Å². The molecule has 1 saturated heterocycles. The summed E-state index contributed by atoms with van der Waals surface area (Å²) in [6, 6.07) is 13.2. The fraction of sp³-hybridized carbons (Fsp3) is 0.464. The molecule has 5 rings (SSSR count). The van der Waals surface area contributed by atoms with Crippen LogP contribution in [-0.4, -0.2) is 59.2 Å². The molecule has 0 bridgehead atoms. The molecule has 7 nitrogen and oxygen atoms in total. The Morgan fingerprint density at radius 2 is 1.94 bits per heavy atom. The Balaban J connectivity index is 1.44. The Bertz CT molecular complexity index is 1310. The molecule has 0 atom stereocenters. The van der Waals surface area contributed by atoms with Crippen LogP contribution in [0.15, 0.2) is 47.3 Å². The van der Waals surface area contributed by atoms with Gasteiger partial charge in [0.2, 0.25) is 5.91 Å². The summed E-state index contributed by atoms with van der Waals surface area (Å²) < 4.78 is 6.93. The summed E-state index contributed by atoms with van der Waals surface area (Å²) in [5, 5.41) is 3.97. The number of halogens is 1. The van der Waals surface area contributed by atoms with Gasteiger partial charge in [-0.15, -0.1) is 0 Å². The van der Waals surface area contributed by atoms with Crippen LogP contribution in [0.4, 0.5) is 0 Å². The standard InChI is InChI=1S/C28H33ClN4O3/c1-18(2)30-26(34)17-33-27(21-4-3-5-23(29)14-21)31-25-7-6-20(15-24(25)28(33)35)22-12-19(13-22)16-32-8-10-36-11-9-32/h3-7,14-15,18-19,22H,8-13,16-17H2,1-2H3,(H,30,34)/t19-,22-. The van der Waals surface area contributed by atoms with Crippen molar-refractivity contribution in [2.45, 2.75) is 45.2 Å². The van der Waals surface area contributed by atoms with Crippen LogP contribution in [0.3, 0.4) is 0 Å². The van der Waals surface area contributed by atoms with E-state index in [4.69, 9.17) is 21.3 Å². The number of nitrogens with zero attached hydrogens (tertiary/aromatic N) is 3. The third kappa shape index (κ3) is 5.48. The fourth-order valence-corrected chi connectivity index (χ4v) is 5.49. The van der Waals surface area contributed by atoms with Crippen molar-refractivity contribution in [2.24, 2.45) is 5.92 Å². The summed E-state index contributed by atoms with van der Waals surface area (Å²) in [7, 11) is 0. The van der Waals surface area contributed by atoms with Crippen LogP contribution in [0.5, 0.6) is 0 Å². The zero-order chi connectivity index (χ0) is 25.2. The lowest BCUT2D eigenvalue weighted by molar-refractivity contribution is -0.122. The lowest BCUT2D eigenvalue weighted by Crippen LogP contribution is -2.42. The van der Waals surface area contributed by atoms with E-state index in [9.17, 15) is 9.59 Å². The van der Waals surface area contributed by atoms with Crippen LogP contribution in [0.2, 0.25) is 5.02 Å². The van der Waals surface area contributed by atoms with Crippen molar-refractivity contribution in [3.63, 3.8) is 0 Å². The summed E-state index contributed by atoms with van der Waals surface area (Å²) in [6.45, 7) is 8.50. The molecule has 36 heavy (non-hydrogen) atoms. The van der Waals surface area contributed by atoms with Gasteiger partial charge >= 0.3 is 0 Å². The van der Waals surface area contributed by atoms with E-state index in [2.05, 4.69) is 16.3 Å². The predicted molar refractivity (Wildman–Crippen MR) is 142 cm³/mol. The first-order chi connectivity index (χ1) is 17.4. The number of benzene rings is 2. The van der Waals surface area contributed by atoms with Gasteiger partial charge in [0, 0.05) is 36.3 Å². The van der Waals surface area contributed by atoms with Crippen molar-refractivity contribution in [1.29, 1.82) is 0 Å². The highest BCUT2D eigenvalue weighted by Crippen LogP contribution is 2.42. The maximum absolute atomic E-state index is 13.7. The Morgan fingerprint density at radius 3 is 2.67 bits per heavy atom. The van der Waals surface area contributed by atoms with E-state index in [1.54, 1.807) is 12.1 Å². The van der Waals surface area contributed by atoms with E-state index in [1.165, 1.54) is 10.1 Å². The maximum Gasteiger partial charge on any atom is 0.262 e. The van der Waals surface area contributed by atoms with Gasteiger partial charge in [0.25, 0.3) is 5.56 Å². The van der Waals surface area contributed by atoms with Crippen molar-refractivity contribution in [3.8, 4) is 11.4 Å². The number of carbonyl (C=O) groups excluding carboxylic acids is 1. The molecule has 2 fully saturated rings. The Morgan fingerprint density at radius 1 is 1.17 bits per heavy atom.